The van der Waals surface area contributed by atoms with Crippen LogP contribution in [0.2, 0.25) is 0 Å². The van der Waals surface area contributed by atoms with Gasteiger partial charge in [0.1, 0.15) is 5.82 Å². The van der Waals surface area contributed by atoms with Crippen molar-refractivity contribution >= 4 is 0 Å². The highest BCUT2D eigenvalue weighted by molar-refractivity contribution is 5.57. The third kappa shape index (κ3) is 1.61. The van der Waals surface area contributed by atoms with E-state index < -0.39 is 0 Å². The zero-order valence-corrected chi connectivity index (χ0v) is 7.83. The Morgan fingerprint density at radius 1 is 1.08 bits per heavy atom. The number of aryl methyl sites for hydroxylation is 2. The average Bonchev–Trinajstić information content (AvgIpc) is 2.53. The minimum atomic E-state index is 0.937. The quantitative estimate of drug-likeness (QED) is 0.704. The zero-order valence-electron chi connectivity index (χ0n) is 7.83. The van der Waals surface area contributed by atoms with Crippen LogP contribution in [-0.2, 0) is 0 Å². The lowest BCUT2D eigenvalue weighted by Crippen LogP contribution is -1.84. The van der Waals surface area contributed by atoms with Gasteiger partial charge in [-0.1, -0.05) is 17.2 Å². The van der Waals surface area contributed by atoms with Crippen LogP contribution in [0.1, 0.15) is 11.1 Å². The molecular formula is C11H12N2. The van der Waals surface area contributed by atoms with Crippen molar-refractivity contribution in [1.82, 2.24) is 9.97 Å². The molecule has 0 spiro atoms. The van der Waals surface area contributed by atoms with Gasteiger partial charge in [-0.05, 0) is 26.0 Å². The second kappa shape index (κ2) is 3.05. The first-order valence-electron chi connectivity index (χ1n) is 4.34. The number of nitrogens with zero attached hydrogens (tertiary/aromatic N) is 1. The summed E-state index contributed by atoms with van der Waals surface area (Å²) < 4.78 is 0. The van der Waals surface area contributed by atoms with Gasteiger partial charge in [0.05, 0.1) is 0 Å². The SMILES string of the molecule is Cc1cc(C)cc(-c2ncc[nH]2)c1. The summed E-state index contributed by atoms with van der Waals surface area (Å²) in [5, 5.41) is 0. The first-order chi connectivity index (χ1) is 6.25. The maximum atomic E-state index is 4.21. The molecule has 1 aromatic heterocycles. The van der Waals surface area contributed by atoms with Crippen LogP contribution < -0.4 is 0 Å². The molecule has 0 amide bonds. The number of aromatic nitrogens is 2. The van der Waals surface area contributed by atoms with E-state index in [1.54, 1.807) is 6.20 Å². The van der Waals surface area contributed by atoms with Gasteiger partial charge >= 0.3 is 0 Å². The summed E-state index contributed by atoms with van der Waals surface area (Å²) in [4.78, 5) is 7.31. The third-order valence-electron chi connectivity index (χ3n) is 1.99. The van der Waals surface area contributed by atoms with Crippen molar-refractivity contribution in [2.75, 3.05) is 0 Å². The van der Waals surface area contributed by atoms with Gasteiger partial charge in [-0.15, -0.1) is 0 Å². The highest BCUT2D eigenvalue weighted by atomic mass is 14.9. The molecule has 0 fully saturated rings. The fraction of sp³-hybridized carbons (Fsp3) is 0.182. The van der Waals surface area contributed by atoms with Crippen LogP contribution in [-0.4, -0.2) is 9.97 Å². The molecule has 0 radical (unpaired) electrons. The minimum Gasteiger partial charge on any atom is -0.345 e. The number of benzene rings is 1. The summed E-state index contributed by atoms with van der Waals surface area (Å²) in [6.07, 6.45) is 3.61. The van der Waals surface area contributed by atoms with Crippen LogP contribution in [0.4, 0.5) is 0 Å². The number of hydrogen-bond donors (Lipinski definition) is 1. The monoisotopic (exact) mass is 172 g/mol. The van der Waals surface area contributed by atoms with Crippen LogP contribution in [0.15, 0.2) is 30.6 Å². The normalized spacial score (nSPS) is 10.3. The maximum Gasteiger partial charge on any atom is 0.137 e. The van der Waals surface area contributed by atoms with Gasteiger partial charge in [-0.2, -0.15) is 0 Å². The molecule has 0 saturated carbocycles. The van der Waals surface area contributed by atoms with Gasteiger partial charge in [-0.3, -0.25) is 0 Å². The first kappa shape index (κ1) is 8.05. The molecule has 0 saturated heterocycles. The Labute approximate surface area is 77.6 Å². The lowest BCUT2D eigenvalue weighted by molar-refractivity contribution is 1.28. The summed E-state index contributed by atoms with van der Waals surface area (Å²) in [5.74, 6) is 0.937. The fourth-order valence-electron chi connectivity index (χ4n) is 1.53. The van der Waals surface area contributed by atoms with Crippen molar-refractivity contribution in [3.05, 3.63) is 41.7 Å². The van der Waals surface area contributed by atoms with Crippen molar-refractivity contribution in [1.29, 1.82) is 0 Å². The number of rotatable bonds is 1. The molecule has 0 aliphatic heterocycles. The van der Waals surface area contributed by atoms with Crippen LogP contribution in [0.3, 0.4) is 0 Å². The van der Waals surface area contributed by atoms with Gasteiger partial charge in [0.15, 0.2) is 0 Å². The lowest BCUT2D eigenvalue weighted by Gasteiger charge is -2.01. The Morgan fingerprint density at radius 2 is 1.77 bits per heavy atom. The third-order valence-corrected chi connectivity index (χ3v) is 1.99. The molecule has 2 aromatic rings. The Kier molecular flexibility index (Phi) is 1.89. The number of nitrogens with one attached hydrogen (secondary N) is 1. The molecule has 1 heterocycles. The Bertz CT molecular complexity index is 382. The largest absolute Gasteiger partial charge is 0.345 e. The second-order valence-electron chi connectivity index (χ2n) is 3.31. The van der Waals surface area contributed by atoms with Crippen molar-refractivity contribution in [2.24, 2.45) is 0 Å². The molecular weight excluding hydrogens is 160 g/mol. The van der Waals surface area contributed by atoms with E-state index in [9.17, 15) is 0 Å². The zero-order chi connectivity index (χ0) is 9.26. The van der Waals surface area contributed by atoms with Crippen molar-refractivity contribution in [3.63, 3.8) is 0 Å². The maximum absolute atomic E-state index is 4.21. The van der Waals surface area contributed by atoms with E-state index in [-0.39, 0.29) is 0 Å². The molecule has 1 N–H and O–H groups in total. The van der Waals surface area contributed by atoms with E-state index in [0.29, 0.717) is 0 Å². The molecule has 1 aromatic carbocycles. The van der Waals surface area contributed by atoms with Gasteiger partial charge in [-0.25, -0.2) is 4.98 Å². The van der Waals surface area contributed by atoms with E-state index in [1.807, 2.05) is 6.20 Å². The summed E-state index contributed by atoms with van der Waals surface area (Å²) in [6.45, 7) is 4.19. The van der Waals surface area contributed by atoms with E-state index in [2.05, 4.69) is 42.0 Å². The molecule has 2 heteroatoms. The molecule has 0 bridgehead atoms. The Balaban J connectivity index is 2.53. The first-order valence-corrected chi connectivity index (χ1v) is 4.34. The molecule has 2 rings (SSSR count). The van der Waals surface area contributed by atoms with Crippen LogP contribution >= 0.6 is 0 Å². The lowest BCUT2D eigenvalue weighted by atomic mass is 10.1. The fourth-order valence-corrected chi connectivity index (χ4v) is 1.53. The van der Waals surface area contributed by atoms with E-state index >= 15 is 0 Å². The van der Waals surface area contributed by atoms with Crippen molar-refractivity contribution in [2.45, 2.75) is 13.8 Å². The van der Waals surface area contributed by atoms with Crippen LogP contribution in [0.5, 0.6) is 0 Å². The summed E-state index contributed by atoms with van der Waals surface area (Å²) in [7, 11) is 0. The van der Waals surface area contributed by atoms with E-state index in [1.165, 1.54) is 11.1 Å². The molecule has 0 aliphatic rings. The van der Waals surface area contributed by atoms with E-state index in [4.69, 9.17) is 0 Å². The highest BCUT2D eigenvalue weighted by Gasteiger charge is 2.00. The summed E-state index contributed by atoms with van der Waals surface area (Å²) in [5.41, 5.74) is 3.69. The molecule has 0 unspecified atom stereocenters. The number of hydrogen-bond acceptors (Lipinski definition) is 1. The van der Waals surface area contributed by atoms with Crippen molar-refractivity contribution < 1.29 is 0 Å². The van der Waals surface area contributed by atoms with Gasteiger partial charge in [0, 0.05) is 18.0 Å². The molecule has 0 aliphatic carbocycles. The number of aromatic amines is 1. The predicted molar refractivity (Wildman–Crippen MR) is 53.5 cm³/mol. The van der Waals surface area contributed by atoms with Crippen LogP contribution in [0, 0.1) is 13.8 Å². The van der Waals surface area contributed by atoms with Crippen LogP contribution in [0.25, 0.3) is 11.4 Å². The summed E-state index contributed by atoms with van der Waals surface area (Å²) >= 11 is 0. The summed E-state index contributed by atoms with van der Waals surface area (Å²) in [6, 6.07) is 6.42. The Hall–Kier alpha value is -1.57. The average molecular weight is 172 g/mol. The van der Waals surface area contributed by atoms with Crippen molar-refractivity contribution in [3.8, 4) is 11.4 Å². The molecule has 2 nitrogen and oxygen atoms in total. The smallest absolute Gasteiger partial charge is 0.137 e. The predicted octanol–water partition coefficient (Wildman–Crippen LogP) is 2.69. The highest BCUT2D eigenvalue weighted by Crippen LogP contribution is 2.17. The molecule has 13 heavy (non-hydrogen) atoms. The second-order valence-corrected chi connectivity index (χ2v) is 3.31. The molecule has 0 atom stereocenters. The molecule has 66 valence electrons. The number of imidazole rings is 1. The Morgan fingerprint density at radius 3 is 2.31 bits per heavy atom. The standard InChI is InChI=1S/C11H12N2/c1-8-5-9(2)7-10(6-8)11-12-3-4-13-11/h3-7H,1-2H3,(H,12,13). The minimum absolute atomic E-state index is 0.937. The van der Waals surface area contributed by atoms with Gasteiger partial charge in [0.2, 0.25) is 0 Å². The topological polar surface area (TPSA) is 28.7 Å². The van der Waals surface area contributed by atoms with Gasteiger partial charge in [0.25, 0.3) is 0 Å². The van der Waals surface area contributed by atoms with E-state index in [0.717, 1.165) is 11.4 Å². The van der Waals surface area contributed by atoms with Gasteiger partial charge < -0.3 is 4.98 Å². The number of H-pyrrole nitrogens is 1.